The molecule has 2 rings (SSSR count). The van der Waals surface area contributed by atoms with Crippen molar-refractivity contribution in [2.75, 3.05) is 0 Å². The van der Waals surface area contributed by atoms with Gasteiger partial charge in [-0.25, -0.2) is 4.98 Å². The smallest absolute Gasteiger partial charge is 0.220 e. The van der Waals surface area contributed by atoms with Crippen LogP contribution in [-0.4, -0.2) is 4.98 Å². The molecule has 0 amide bonds. The van der Waals surface area contributed by atoms with Crippen LogP contribution < -0.4 is 4.74 Å². The lowest BCUT2D eigenvalue weighted by Gasteiger charge is -2.06. The van der Waals surface area contributed by atoms with Gasteiger partial charge in [0.05, 0.1) is 21.7 Å². The molecule has 0 atom stereocenters. The summed E-state index contributed by atoms with van der Waals surface area (Å²) in [5, 5.41) is 9.72. The summed E-state index contributed by atoms with van der Waals surface area (Å²) in [4.78, 5) is 4.18. The van der Waals surface area contributed by atoms with E-state index in [2.05, 4.69) is 4.98 Å². The van der Waals surface area contributed by atoms with Crippen molar-refractivity contribution >= 4 is 23.2 Å². The van der Waals surface area contributed by atoms with Crippen LogP contribution in [0.5, 0.6) is 11.6 Å². The Kier molecular flexibility index (Phi) is 3.71. The Hall–Kier alpha value is -1.76. The molecule has 18 heavy (non-hydrogen) atoms. The Labute approximate surface area is 115 Å². The molecule has 1 aromatic carbocycles. The lowest BCUT2D eigenvalue weighted by Crippen LogP contribution is -1.91. The Morgan fingerprint density at radius 1 is 1.17 bits per heavy atom. The van der Waals surface area contributed by atoms with Gasteiger partial charge in [0, 0.05) is 17.8 Å². The highest BCUT2D eigenvalue weighted by atomic mass is 35.5. The normalized spacial score (nSPS) is 9.89. The van der Waals surface area contributed by atoms with Gasteiger partial charge >= 0.3 is 0 Å². The predicted molar refractivity (Wildman–Crippen MR) is 70.2 cm³/mol. The third-order valence-electron chi connectivity index (χ3n) is 2.17. The highest BCUT2D eigenvalue weighted by Crippen LogP contribution is 2.29. The van der Waals surface area contributed by atoms with Crippen molar-refractivity contribution in [2.45, 2.75) is 6.92 Å². The molecule has 3 nitrogen and oxygen atoms in total. The van der Waals surface area contributed by atoms with Gasteiger partial charge in [0.1, 0.15) is 5.75 Å². The van der Waals surface area contributed by atoms with Crippen molar-refractivity contribution in [1.82, 2.24) is 4.98 Å². The van der Waals surface area contributed by atoms with E-state index < -0.39 is 0 Å². The van der Waals surface area contributed by atoms with E-state index in [-0.39, 0.29) is 0 Å². The van der Waals surface area contributed by atoms with Crippen molar-refractivity contribution in [3.63, 3.8) is 0 Å². The molecular formula is C13H8Cl2N2O. The first-order valence-electron chi connectivity index (χ1n) is 5.10. The zero-order valence-electron chi connectivity index (χ0n) is 9.45. The van der Waals surface area contributed by atoms with E-state index in [0.29, 0.717) is 32.9 Å². The fraction of sp³-hybridized carbons (Fsp3) is 0.0769. The van der Waals surface area contributed by atoms with Crippen molar-refractivity contribution in [1.29, 1.82) is 5.26 Å². The van der Waals surface area contributed by atoms with Gasteiger partial charge in [-0.2, -0.15) is 5.26 Å². The van der Waals surface area contributed by atoms with E-state index in [1.165, 1.54) is 0 Å². The van der Waals surface area contributed by atoms with Crippen molar-refractivity contribution in [3.8, 4) is 17.7 Å². The molecule has 0 unspecified atom stereocenters. The van der Waals surface area contributed by atoms with Gasteiger partial charge in [0.25, 0.3) is 0 Å². The minimum absolute atomic E-state index is 0.352. The number of nitrogens with zero attached hydrogens (tertiary/aromatic N) is 2. The molecule has 0 aliphatic rings. The van der Waals surface area contributed by atoms with Crippen LogP contribution in [0, 0.1) is 18.3 Å². The summed E-state index contributed by atoms with van der Waals surface area (Å²) in [5.74, 6) is 0.872. The second-order valence-electron chi connectivity index (χ2n) is 3.63. The Morgan fingerprint density at radius 2 is 1.94 bits per heavy atom. The second kappa shape index (κ2) is 5.26. The number of halogens is 2. The van der Waals surface area contributed by atoms with Crippen LogP contribution >= 0.6 is 23.2 Å². The summed E-state index contributed by atoms with van der Waals surface area (Å²) in [6, 6.07) is 10.2. The lowest BCUT2D eigenvalue weighted by atomic mass is 10.2. The molecule has 0 fully saturated rings. The first kappa shape index (κ1) is 12.7. The first-order valence-corrected chi connectivity index (χ1v) is 5.86. The fourth-order valence-corrected chi connectivity index (χ4v) is 1.70. The van der Waals surface area contributed by atoms with E-state index in [9.17, 15) is 0 Å². The maximum Gasteiger partial charge on any atom is 0.220 e. The number of benzene rings is 1. The predicted octanol–water partition coefficient (Wildman–Crippen LogP) is 4.36. The standard InChI is InChI=1S/C13H8Cl2N2O/c1-8-4-9(7-16)5-13(17-8)18-10-2-3-11(14)12(15)6-10/h2-6H,1H3. The molecule has 2 aromatic rings. The minimum Gasteiger partial charge on any atom is -0.439 e. The molecule has 0 radical (unpaired) electrons. The van der Waals surface area contributed by atoms with Crippen LogP contribution in [0.1, 0.15) is 11.3 Å². The van der Waals surface area contributed by atoms with Gasteiger partial charge < -0.3 is 4.74 Å². The number of ether oxygens (including phenoxy) is 1. The number of hydrogen-bond donors (Lipinski definition) is 0. The largest absolute Gasteiger partial charge is 0.439 e. The molecule has 90 valence electrons. The third kappa shape index (κ3) is 2.92. The molecule has 1 aromatic heterocycles. The zero-order valence-corrected chi connectivity index (χ0v) is 11.0. The summed E-state index contributed by atoms with van der Waals surface area (Å²) in [6.07, 6.45) is 0. The van der Waals surface area contributed by atoms with Crippen LogP contribution in [0.4, 0.5) is 0 Å². The van der Waals surface area contributed by atoms with Crippen LogP contribution in [0.3, 0.4) is 0 Å². The van der Waals surface area contributed by atoms with Crippen LogP contribution in [0.15, 0.2) is 30.3 Å². The van der Waals surface area contributed by atoms with Gasteiger partial charge in [-0.05, 0) is 25.1 Å². The molecule has 0 saturated heterocycles. The van der Waals surface area contributed by atoms with Gasteiger partial charge in [0.2, 0.25) is 5.88 Å². The molecule has 0 bridgehead atoms. The number of pyridine rings is 1. The van der Waals surface area contributed by atoms with E-state index in [1.807, 2.05) is 6.07 Å². The molecule has 0 spiro atoms. The second-order valence-corrected chi connectivity index (χ2v) is 4.44. The monoisotopic (exact) mass is 278 g/mol. The van der Waals surface area contributed by atoms with Gasteiger partial charge in [-0.1, -0.05) is 23.2 Å². The van der Waals surface area contributed by atoms with Crippen LogP contribution in [0.25, 0.3) is 0 Å². The summed E-state index contributed by atoms with van der Waals surface area (Å²) in [5.41, 5.74) is 1.21. The number of nitriles is 1. The number of hydrogen-bond acceptors (Lipinski definition) is 3. The van der Waals surface area contributed by atoms with Gasteiger partial charge in [0.15, 0.2) is 0 Å². The minimum atomic E-state index is 0.352. The molecule has 0 aliphatic carbocycles. The molecular weight excluding hydrogens is 271 g/mol. The molecule has 0 aliphatic heterocycles. The Morgan fingerprint density at radius 3 is 2.61 bits per heavy atom. The molecule has 0 saturated carbocycles. The maximum atomic E-state index is 8.86. The molecule has 0 N–H and O–H groups in total. The summed E-state index contributed by atoms with van der Waals surface area (Å²) in [7, 11) is 0. The summed E-state index contributed by atoms with van der Waals surface area (Å²) >= 11 is 11.7. The number of aryl methyl sites for hydroxylation is 1. The summed E-state index contributed by atoms with van der Waals surface area (Å²) in [6.45, 7) is 1.79. The lowest BCUT2D eigenvalue weighted by molar-refractivity contribution is 0.461. The number of aromatic nitrogens is 1. The average Bonchev–Trinajstić information content (AvgIpc) is 2.33. The molecule has 5 heteroatoms. The van der Waals surface area contributed by atoms with E-state index in [1.54, 1.807) is 37.3 Å². The quantitative estimate of drug-likeness (QED) is 0.820. The Bertz CT molecular complexity index is 635. The van der Waals surface area contributed by atoms with Crippen LogP contribution in [-0.2, 0) is 0 Å². The number of rotatable bonds is 2. The topological polar surface area (TPSA) is 45.9 Å². The van der Waals surface area contributed by atoms with E-state index in [4.69, 9.17) is 33.2 Å². The van der Waals surface area contributed by atoms with E-state index in [0.717, 1.165) is 0 Å². The van der Waals surface area contributed by atoms with Gasteiger partial charge in [-0.15, -0.1) is 0 Å². The third-order valence-corrected chi connectivity index (χ3v) is 2.91. The van der Waals surface area contributed by atoms with Gasteiger partial charge in [-0.3, -0.25) is 0 Å². The SMILES string of the molecule is Cc1cc(C#N)cc(Oc2ccc(Cl)c(Cl)c2)n1. The van der Waals surface area contributed by atoms with Crippen molar-refractivity contribution < 1.29 is 4.74 Å². The average molecular weight is 279 g/mol. The van der Waals surface area contributed by atoms with Crippen molar-refractivity contribution in [3.05, 3.63) is 51.6 Å². The highest BCUT2D eigenvalue weighted by Gasteiger charge is 2.05. The molecule has 1 heterocycles. The Balaban J connectivity index is 2.31. The zero-order chi connectivity index (χ0) is 13.1. The van der Waals surface area contributed by atoms with E-state index >= 15 is 0 Å². The first-order chi connectivity index (χ1) is 8.58. The summed E-state index contributed by atoms with van der Waals surface area (Å²) < 4.78 is 5.53. The maximum absolute atomic E-state index is 8.86. The van der Waals surface area contributed by atoms with Crippen molar-refractivity contribution in [2.24, 2.45) is 0 Å². The highest BCUT2D eigenvalue weighted by molar-refractivity contribution is 6.42. The van der Waals surface area contributed by atoms with Crippen LogP contribution in [0.2, 0.25) is 10.0 Å². The fourth-order valence-electron chi connectivity index (χ4n) is 1.42.